The van der Waals surface area contributed by atoms with Gasteiger partial charge in [-0.1, -0.05) is 11.6 Å². The van der Waals surface area contributed by atoms with E-state index in [-0.39, 0.29) is 0 Å². The highest BCUT2D eigenvalue weighted by Gasteiger charge is 2.26. The molecule has 3 aromatic rings. The summed E-state index contributed by atoms with van der Waals surface area (Å²) in [7, 11) is 0. The molecule has 1 aliphatic heterocycles. The van der Waals surface area contributed by atoms with Crippen LogP contribution in [-0.4, -0.2) is 33.0 Å². The number of rotatable bonds is 4. The van der Waals surface area contributed by atoms with E-state index in [2.05, 4.69) is 15.4 Å². The van der Waals surface area contributed by atoms with Crippen molar-refractivity contribution in [3.63, 3.8) is 0 Å². The van der Waals surface area contributed by atoms with E-state index in [0.29, 0.717) is 35.6 Å². The molecule has 26 heavy (non-hydrogen) atoms. The van der Waals surface area contributed by atoms with Crippen LogP contribution in [0, 0.1) is 13.8 Å². The normalized spacial score (nSPS) is 14.7. The largest absolute Gasteiger partial charge is 0.345 e. The van der Waals surface area contributed by atoms with Crippen LogP contribution < -0.4 is 5.32 Å². The number of aromatic nitrogens is 4. The van der Waals surface area contributed by atoms with E-state index in [1.807, 2.05) is 44.2 Å². The van der Waals surface area contributed by atoms with Crippen LogP contribution in [0.25, 0.3) is 5.82 Å². The average molecular weight is 372 g/mol. The predicted molar refractivity (Wildman–Crippen MR) is 98.0 cm³/mol. The minimum atomic E-state index is -0.536. The maximum atomic E-state index is 5.94. The fourth-order valence-corrected chi connectivity index (χ4v) is 2.94. The van der Waals surface area contributed by atoms with Gasteiger partial charge in [-0.25, -0.2) is 14.6 Å². The summed E-state index contributed by atoms with van der Waals surface area (Å²) < 4.78 is 13.0. The molecule has 0 bridgehead atoms. The van der Waals surface area contributed by atoms with Gasteiger partial charge in [0.05, 0.1) is 25.1 Å². The molecule has 0 atom stereocenters. The minimum Gasteiger partial charge on any atom is -0.345 e. The second-order valence-corrected chi connectivity index (χ2v) is 6.44. The Morgan fingerprint density at radius 3 is 2.54 bits per heavy atom. The molecule has 2 aromatic heterocycles. The van der Waals surface area contributed by atoms with Gasteiger partial charge in [-0.2, -0.15) is 5.10 Å². The van der Waals surface area contributed by atoms with Crippen molar-refractivity contribution in [3.8, 4) is 5.82 Å². The van der Waals surface area contributed by atoms with Gasteiger partial charge in [0, 0.05) is 16.4 Å². The Bertz CT molecular complexity index is 920. The lowest BCUT2D eigenvalue weighted by atomic mass is 10.3. The van der Waals surface area contributed by atoms with E-state index in [1.165, 1.54) is 0 Å². The summed E-state index contributed by atoms with van der Waals surface area (Å²) in [4.78, 5) is 9.25. The van der Waals surface area contributed by atoms with Crippen LogP contribution in [0.2, 0.25) is 5.02 Å². The molecule has 1 aromatic carbocycles. The van der Waals surface area contributed by atoms with Crippen molar-refractivity contribution in [3.05, 3.63) is 58.6 Å². The van der Waals surface area contributed by atoms with E-state index in [4.69, 9.17) is 26.1 Å². The molecule has 1 fully saturated rings. The van der Waals surface area contributed by atoms with Gasteiger partial charge in [-0.15, -0.1) is 0 Å². The van der Waals surface area contributed by atoms with Crippen molar-refractivity contribution in [2.75, 3.05) is 18.5 Å². The lowest BCUT2D eigenvalue weighted by Crippen LogP contribution is -2.13. The number of halogens is 1. The monoisotopic (exact) mass is 371 g/mol. The first kappa shape index (κ1) is 17.0. The molecule has 1 N–H and O–H groups in total. The summed E-state index contributed by atoms with van der Waals surface area (Å²) in [6.07, 6.45) is 1.12. The number of hydrogen-bond donors (Lipinski definition) is 1. The van der Waals surface area contributed by atoms with Gasteiger partial charge < -0.3 is 14.8 Å². The van der Waals surface area contributed by atoms with Crippen molar-refractivity contribution >= 4 is 23.1 Å². The van der Waals surface area contributed by atoms with E-state index in [9.17, 15) is 0 Å². The van der Waals surface area contributed by atoms with Crippen LogP contribution in [-0.2, 0) is 9.47 Å². The Kier molecular flexibility index (Phi) is 4.58. The molecule has 1 saturated heterocycles. The van der Waals surface area contributed by atoms with E-state index in [1.54, 1.807) is 10.9 Å². The van der Waals surface area contributed by atoms with Crippen LogP contribution >= 0.6 is 11.6 Å². The minimum absolute atomic E-state index is 0.535. The first-order valence-corrected chi connectivity index (χ1v) is 8.64. The third-order valence-electron chi connectivity index (χ3n) is 3.95. The Hall–Kier alpha value is -2.48. The van der Waals surface area contributed by atoms with Crippen LogP contribution in [0.1, 0.15) is 23.4 Å². The predicted octanol–water partition coefficient (Wildman–Crippen LogP) is 3.72. The molecule has 0 radical (unpaired) electrons. The Labute approximate surface area is 155 Å². The van der Waals surface area contributed by atoms with Gasteiger partial charge in [0.15, 0.2) is 11.6 Å². The summed E-state index contributed by atoms with van der Waals surface area (Å²) in [6.45, 7) is 4.98. The van der Waals surface area contributed by atoms with Crippen molar-refractivity contribution in [2.45, 2.75) is 20.1 Å². The number of ether oxygens (including phenoxy) is 2. The summed E-state index contributed by atoms with van der Waals surface area (Å²) in [5, 5.41) is 8.44. The molecule has 1 aliphatic rings. The van der Waals surface area contributed by atoms with E-state index >= 15 is 0 Å². The molecule has 0 spiro atoms. The van der Waals surface area contributed by atoms with Crippen molar-refractivity contribution in [1.82, 2.24) is 19.7 Å². The number of benzene rings is 1. The zero-order valence-corrected chi connectivity index (χ0v) is 15.2. The second kappa shape index (κ2) is 7.03. The third-order valence-corrected chi connectivity index (χ3v) is 4.21. The lowest BCUT2D eigenvalue weighted by molar-refractivity contribution is -0.0475. The summed E-state index contributed by atoms with van der Waals surface area (Å²) in [5.74, 6) is 1.18. The average Bonchev–Trinajstić information content (AvgIpc) is 3.26. The molecule has 3 heterocycles. The molecule has 0 aliphatic carbocycles. The maximum Gasteiger partial charge on any atom is 0.205 e. The number of nitrogens with one attached hydrogen (secondary N) is 1. The van der Waals surface area contributed by atoms with Crippen molar-refractivity contribution in [2.24, 2.45) is 0 Å². The molecular weight excluding hydrogens is 354 g/mol. The van der Waals surface area contributed by atoms with Gasteiger partial charge in [-0.05, 0) is 44.2 Å². The van der Waals surface area contributed by atoms with Crippen LogP contribution in [0.4, 0.5) is 11.5 Å². The maximum absolute atomic E-state index is 5.94. The Morgan fingerprint density at radius 2 is 1.88 bits per heavy atom. The van der Waals surface area contributed by atoms with E-state index < -0.39 is 6.29 Å². The van der Waals surface area contributed by atoms with Crippen LogP contribution in [0.15, 0.2) is 36.5 Å². The van der Waals surface area contributed by atoms with Gasteiger partial charge in [0.25, 0.3) is 0 Å². The Morgan fingerprint density at radius 1 is 1.15 bits per heavy atom. The highest BCUT2D eigenvalue weighted by molar-refractivity contribution is 6.30. The molecule has 0 saturated carbocycles. The van der Waals surface area contributed by atoms with Gasteiger partial charge in [0.1, 0.15) is 5.69 Å². The highest BCUT2D eigenvalue weighted by Crippen LogP contribution is 2.28. The second-order valence-electron chi connectivity index (χ2n) is 6.01. The standard InChI is InChI=1S/C18H18ClN5O2/c1-11-9-12(2)24(23-11)17-16(18-25-7-8-26-18)20-10-15(22-17)21-14-5-3-13(19)4-6-14/h3-6,9-10,18H,7-8H2,1-2H3,(H,21,22). The molecule has 134 valence electrons. The zero-order chi connectivity index (χ0) is 18.1. The molecule has 8 heteroatoms. The fraction of sp³-hybridized carbons (Fsp3) is 0.278. The number of hydrogen-bond acceptors (Lipinski definition) is 6. The topological polar surface area (TPSA) is 74.1 Å². The fourth-order valence-electron chi connectivity index (χ4n) is 2.81. The number of aryl methyl sites for hydroxylation is 2. The number of nitrogens with zero attached hydrogens (tertiary/aromatic N) is 4. The summed E-state index contributed by atoms with van der Waals surface area (Å²) in [6, 6.07) is 9.37. The quantitative estimate of drug-likeness (QED) is 0.753. The molecular formula is C18H18ClN5O2. The van der Waals surface area contributed by atoms with Crippen molar-refractivity contribution < 1.29 is 9.47 Å². The Balaban J connectivity index is 1.74. The summed E-state index contributed by atoms with van der Waals surface area (Å²) >= 11 is 5.94. The molecule has 7 nitrogen and oxygen atoms in total. The first-order chi connectivity index (χ1) is 12.6. The van der Waals surface area contributed by atoms with Gasteiger partial charge in [-0.3, -0.25) is 0 Å². The van der Waals surface area contributed by atoms with Crippen LogP contribution in [0.3, 0.4) is 0 Å². The van der Waals surface area contributed by atoms with Crippen molar-refractivity contribution in [1.29, 1.82) is 0 Å². The molecule has 4 rings (SSSR count). The van der Waals surface area contributed by atoms with Gasteiger partial charge in [0.2, 0.25) is 6.29 Å². The molecule has 0 unspecified atom stereocenters. The van der Waals surface area contributed by atoms with Gasteiger partial charge >= 0.3 is 0 Å². The number of anilines is 2. The smallest absolute Gasteiger partial charge is 0.205 e. The molecule has 0 amide bonds. The highest BCUT2D eigenvalue weighted by atomic mass is 35.5. The summed E-state index contributed by atoms with van der Waals surface area (Å²) in [5.41, 5.74) is 3.33. The zero-order valence-electron chi connectivity index (χ0n) is 14.4. The lowest BCUT2D eigenvalue weighted by Gasteiger charge is -2.15. The van der Waals surface area contributed by atoms with Crippen LogP contribution in [0.5, 0.6) is 0 Å². The van der Waals surface area contributed by atoms with E-state index in [0.717, 1.165) is 17.1 Å². The SMILES string of the molecule is Cc1cc(C)n(-c2nc(Nc3ccc(Cl)cc3)cnc2C2OCCO2)n1. The third kappa shape index (κ3) is 3.41. The first-order valence-electron chi connectivity index (χ1n) is 8.26.